The van der Waals surface area contributed by atoms with Gasteiger partial charge in [-0.15, -0.1) is 0 Å². The zero-order valence-corrected chi connectivity index (χ0v) is 8.12. The SMILES string of the molecule is Cc1ccccc1OCCC1CC1. The maximum Gasteiger partial charge on any atom is 0.122 e. The van der Waals surface area contributed by atoms with Gasteiger partial charge in [-0.2, -0.15) is 0 Å². The highest BCUT2D eigenvalue weighted by Crippen LogP contribution is 2.32. The van der Waals surface area contributed by atoms with Crippen LogP contribution >= 0.6 is 0 Å². The van der Waals surface area contributed by atoms with E-state index in [0.717, 1.165) is 18.3 Å². The van der Waals surface area contributed by atoms with Gasteiger partial charge in [-0.25, -0.2) is 0 Å². The molecule has 0 spiro atoms. The lowest BCUT2D eigenvalue weighted by molar-refractivity contribution is 0.300. The van der Waals surface area contributed by atoms with Gasteiger partial charge in [-0.3, -0.25) is 0 Å². The van der Waals surface area contributed by atoms with Crippen LogP contribution in [0.2, 0.25) is 0 Å². The van der Waals surface area contributed by atoms with E-state index in [2.05, 4.69) is 13.0 Å². The largest absolute Gasteiger partial charge is 0.493 e. The van der Waals surface area contributed by atoms with E-state index in [1.165, 1.54) is 24.8 Å². The Kier molecular flexibility index (Phi) is 2.53. The third-order valence-corrected chi connectivity index (χ3v) is 2.57. The molecule has 0 saturated heterocycles. The van der Waals surface area contributed by atoms with Crippen molar-refractivity contribution in [2.24, 2.45) is 5.92 Å². The monoisotopic (exact) mass is 176 g/mol. The molecule has 0 bridgehead atoms. The molecule has 1 nitrogen and oxygen atoms in total. The van der Waals surface area contributed by atoms with Gasteiger partial charge in [0, 0.05) is 0 Å². The normalized spacial score (nSPS) is 15.8. The van der Waals surface area contributed by atoms with Crippen molar-refractivity contribution in [2.45, 2.75) is 26.2 Å². The van der Waals surface area contributed by atoms with E-state index in [4.69, 9.17) is 4.74 Å². The first-order valence-electron chi connectivity index (χ1n) is 5.04. The molecule has 1 saturated carbocycles. The summed E-state index contributed by atoms with van der Waals surface area (Å²) < 4.78 is 5.69. The Hall–Kier alpha value is -0.980. The first-order valence-corrected chi connectivity index (χ1v) is 5.04. The minimum atomic E-state index is 0.884. The molecule has 1 aliphatic rings. The first-order chi connectivity index (χ1) is 6.36. The number of aryl methyl sites for hydroxylation is 1. The second-order valence-corrected chi connectivity index (χ2v) is 3.85. The van der Waals surface area contributed by atoms with Crippen molar-refractivity contribution in [1.29, 1.82) is 0 Å². The molecule has 0 radical (unpaired) electrons. The topological polar surface area (TPSA) is 9.23 Å². The summed E-state index contributed by atoms with van der Waals surface area (Å²) in [5, 5.41) is 0. The second kappa shape index (κ2) is 3.82. The molecule has 0 aromatic heterocycles. The van der Waals surface area contributed by atoms with Crippen LogP contribution in [0, 0.1) is 12.8 Å². The quantitative estimate of drug-likeness (QED) is 0.684. The molecule has 1 aliphatic carbocycles. The molecule has 0 N–H and O–H groups in total. The summed E-state index contributed by atoms with van der Waals surface area (Å²) in [6.45, 7) is 2.97. The van der Waals surface area contributed by atoms with Gasteiger partial charge in [-0.05, 0) is 30.9 Å². The van der Waals surface area contributed by atoms with E-state index in [9.17, 15) is 0 Å². The fourth-order valence-electron chi connectivity index (χ4n) is 1.46. The van der Waals surface area contributed by atoms with E-state index >= 15 is 0 Å². The predicted molar refractivity (Wildman–Crippen MR) is 54.0 cm³/mol. The highest BCUT2D eigenvalue weighted by molar-refractivity contribution is 5.31. The number of ether oxygens (including phenoxy) is 1. The van der Waals surface area contributed by atoms with Gasteiger partial charge in [0.2, 0.25) is 0 Å². The number of benzene rings is 1. The number of rotatable bonds is 4. The van der Waals surface area contributed by atoms with Gasteiger partial charge < -0.3 is 4.74 Å². The van der Waals surface area contributed by atoms with Crippen molar-refractivity contribution < 1.29 is 4.74 Å². The molecule has 13 heavy (non-hydrogen) atoms. The minimum Gasteiger partial charge on any atom is -0.493 e. The first kappa shape index (κ1) is 8.61. The Morgan fingerprint density at radius 1 is 1.31 bits per heavy atom. The van der Waals surface area contributed by atoms with Crippen molar-refractivity contribution in [3.63, 3.8) is 0 Å². The average molecular weight is 176 g/mol. The fourth-order valence-corrected chi connectivity index (χ4v) is 1.46. The summed E-state index contributed by atoms with van der Waals surface area (Å²) in [5.74, 6) is 2.01. The molecule has 0 aliphatic heterocycles. The Balaban J connectivity index is 1.82. The van der Waals surface area contributed by atoms with Crippen molar-refractivity contribution in [3.05, 3.63) is 29.8 Å². The summed E-state index contributed by atoms with van der Waals surface area (Å²) in [6, 6.07) is 8.21. The van der Waals surface area contributed by atoms with E-state index in [1.54, 1.807) is 0 Å². The summed E-state index contributed by atoms with van der Waals surface area (Å²) >= 11 is 0. The van der Waals surface area contributed by atoms with Crippen molar-refractivity contribution in [3.8, 4) is 5.75 Å². The standard InChI is InChI=1S/C12H16O/c1-10-4-2-3-5-12(10)13-9-8-11-6-7-11/h2-5,11H,6-9H2,1H3. The highest BCUT2D eigenvalue weighted by Gasteiger charge is 2.20. The van der Waals surface area contributed by atoms with Crippen LogP contribution in [-0.2, 0) is 0 Å². The van der Waals surface area contributed by atoms with Crippen LogP contribution in [0.3, 0.4) is 0 Å². The maximum atomic E-state index is 5.69. The lowest BCUT2D eigenvalue weighted by atomic mass is 10.2. The van der Waals surface area contributed by atoms with Crippen LogP contribution in [-0.4, -0.2) is 6.61 Å². The Morgan fingerprint density at radius 2 is 2.08 bits per heavy atom. The molecular weight excluding hydrogens is 160 g/mol. The van der Waals surface area contributed by atoms with Crippen molar-refractivity contribution >= 4 is 0 Å². The third-order valence-electron chi connectivity index (χ3n) is 2.57. The Bertz CT molecular complexity index is 276. The minimum absolute atomic E-state index is 0.884. The smallest absolute Gasteiger partial charge is 0.122 e. The number of hydrogen-bond donors (Lipinski definition) is 0. The molecule has 2 rings (SSSR count). The summed E-state index contributed by atoms with van der Waals surface area (Å²) in [6.07, 6.45) is 4.06. The zero-order valence-electron chi connectivity index (χ0n) is 8.12. The summed E-state index contributed by atoms with van der Waals surface area (Å²) in [4.78, 5) is 0. The Labute approximate surface area is 79.7 Å². The van der Waals surface area contributed by atoms with Crippen molar-refractivity contribution in [2.75, 3.05) is 6.61 Å². The van der Waals surface area contributed by atoms with E-state index in [1.807, 2.05) is 18.2 Å². The van der Waals surface area contributed by atoms with Crippen LogP contribution in [0.4, 0.5) is 0 Å². The second-order valence-electron chi connectivity index (χ2n) is 3.85. The lowest BCUT2D eigenvalue weighted by Gasteiger charge is -2.07. The molecule has 1 aromatic carbocycles. The molecule has 70 valence electrons. The van der Waals surface area contributed by atoms with Gasteiger partial charge in [-0.1, -0.05) is 31.0 Å². The van der Waals surface area contributed by atoms with E-state index in [0.29, 0.717) is 0 Å². The van der Waals surface area contributed by atoms with Crippen LogP contribution in [0.15, 0.2) is 24.3 Å². The number of hydrogen-bond acceptors (Lipinski definition) is 1. The van der Waals surface area contributed by atoms with Gasteiger partial charge >= 0.3 is 0 Å². The van der Waals surface area contributed by atoms with Crippen LogP contribution in [0.1, 0.15) is 24.8 Å². The lowest BCUT2D eigenvalue weighted by Crippen LogP contribution is -1.99. The zero-order chi connectivity index (χ0) is 9.10. The average Bonchev–Trinajstić information content (AvgIpc) is 2.92. The Morgan fingerprint density at radius 3 is 2.77 bits per heavy atom. The van der Waals surface area contributed by atoms with Crippen LogP contribution in [0.5, 0.6) is 5.75 Å². The highest BCUT2D eigenvalue weighted by atomic mass is 16.5. The molecule has 0 atom stereocenters. The van der Waals surface area contributed by atoms with Gasteiger partial charge in [0.1, 0.15) is 5.75 Å². The fraction of sp³-hybridized carbons (Fsp3) is 0.500. The molecule has 0 heterocycles. The van der Waals surface area contributed by atoms with Gasteiger partial charge in [0.05, 0.1) is 6.61 Å². The van der Waals surface area contributed by atoms with Crippen LogP contribution < -0.4 is 4.74 Å². The molecule has 0 unspecified atom stereocenters. The molecule has 1 heteroatoms. The molecule has 1 aromatic rings. The maximum absolute atomic E-state index is 5.69. The molecular formula is C12H16O. The van der Waals surface area contributed by atoms with Gasteiger partial charge in [0.15, 0.2) is 0 Å². The summed E-state index contributed by atoms with van der Waals surface area (Å²) in [5.41, 5.74) is 1.23. The molecule has 1 fully saturated rings. The van der Waals surface area contributed by atoms with Crippen LogP contribution in [0.25, 0.3) is 0 Å². The van der Waals surface area contributed by atoms with E-state index in [-0.39, 0.29) is 0 Å². The predicted octanol–water partition coefficient (Wildman–Crippen LogP) is 3.17. The van der Waals surface area contributed by atoms with Crippen molar-refractivity contribution in [1.82, 2.24) is 0 Å². The van der Waals surface area contributed by atoms with Gasteiger partial charge in [0.25, 0.3) is 0 Å². The number of para-hydroxylation sites is 1. The summed E-state index contributed by atoms with van der Waals surface area (Å²) in [7, 11) is 0. The van der Waals surface area contributed by atoms with E-state index < -0.39 is 0 Å². The third kappa shape index (κ3) is 2.48. The molecule has 0 amide bonds.